The van der Waals surface area contributed by atoms with E-state index >= 15 is 0 Å². The van der Waals surface area contributed by atoms with Crippen LogP contribution in [0.2, 0.25) is 0 Å². The summed E-state index contributed by atoms with van der Waals surface area (Å²) in [6.07, 6.45) is 0. The lowest BCUT2D eigenvalue weighted by Gasteiger charge is -2.42. The molecule has 0 aliphatic carbocycles. The zero-order valence-corrected chi connectivity index (χ0v) is 28.0. The molecule has 1 aliphatic rings. The lowest BCUT2D eigenvalue weighted by molar-refractivity contribution is 0.435. The molecule has 0 fully saturated rings. The van der Waals surface area contributed by atoms with Crippen LogP contribution in [0.25, 0.3) is 50.1 Å². The normalized spacial score (nSPS) is 12.5. The summed E-state index contributed by atoms with van der Waals surface area (Å²) in [5.41, 5.74) is 8.79. The maximum Gasteiger partial charge on any atom is 0.187 e. The summed E-state index contributed by atoms with van der Waals surface area (Å²) in [6, 6.07) is 61.7. The molecular formula is C47H30N4O. The van der Waals surface area contributed by atoms with Gasteiger partial charge in [-0.2, -0.15) is 0 Å². The number of fused-ring (bicyclic) bond motifs is 2. The number of aromatic nitrogens is 3. The van der Waals surface area contributed by atoms with Gasteiger partial charge in [-0.3, -0.25) is 0 Å². The molecule has 52 heavy (non-hydrogen) atoms. The summed E-state index contributed by atoms with van der Waals surface area (Å²) in [6.45, 7) is 7.44. The average molecular weight is 667 g/mol. The van der Waals surface area contributed by atoms with Gasteiger partial charge in [-0.15, -0.1) is 0 Å². The SMILES string of the molecule is [C-]#[N+]c1ccc(-c2nc(-c3ccccc3)nc(-c3ccccc3-c3cccc4c3C(c3ccccc3)(c3ccccc3)c3ccccc3O4)n2)cc1. The highest BCUT2D eigenvalue weighted by Gasteiger charge is 2.47. The van der Waals surface area contributed by atoms with Gasteiger partial charge in [0.15, 0.2) is 23.2 Å². The van der Waals surface area contributed by atoms with Crippen molar-refractivity contribution in [1.82, 2.24) is 15.0 Å². The molecule has 9 rings (SSSR count). The first kappa shape index (κ1) is 30.9. The molecule has 244 valence electrons. The third kappa shape index (κ3) is 5.14. The lowest BCUT2D eigenvalue weighted by Crippen LogP contribution is -2.34. The highest BCUT2D eigenvalue weighted by molar-refractivity contribution is 5.88. The Bertz CT molecular complexity index is 2560. The molecule has 0 unspecified atom stereocenters. The Morgan fingerprint density at radius 3 is 1.58 bits per heavy atom. The van der Waals surface area contributed by atoms with Gasteiger partial charge in [-0.1, -0.05) is 170 Å². The first-order valence-corrected chi connectivity index (χ1v) is 17.1. The molecule has 5 nitrogen and oxygen atoms in total. The largest absolute Gasteiger partial charge is 0.457 e. The van der Waals surface area contributed by atoms with Gasteiger partial charge in [0.1, 0.15) is 11.5 Å². The van der Waals surface area contributed by atoms with E-state index in [2.05, 4.69) is 120 Å². The Kier molecular flexibility index (Phi) is 7.68. The minimum atomic E-state index is -0.708. The predicted octanol–water partition coefficient (Wildman–Crippen LogP) is 11.6. The van der Waals surface area contributed by atoms with Crippen LogP contribution in [0, 0.1) is 6.57 Å². The number of rotatable bonds is 6. The average Bonchev–Trinajstić information content (AvgIpc) is 3.23. The van der Waals surface area contributed by atoms with Crippen molar-refractivity contribution in [3.05, 3.63) is 216 Å². The van der Waals surface area contributed by atoms with Crippen LogP contribution < -0.4 is 4.74 Å². The zero-order chi connectivity index (χ0) is 34.9. The van der Waals surface area contributed by atoms with Crippen LogP contribution in [0.3, 0.4) is 0 Å². The van der Waals surface area contributed by atoms with Crippen LogP contribution in [0.5, 0.6) is 11.5 Å². The number of nitrogens with zero attached hydrogens (tertiary/aromatic N) is 4. The maximum atomic E-state index is 7.44. The van der Waals surface area contributed by atoms with Crippen molar-refractivity contribution in [3.63, 3.8) is 0 Å². The molecule has 1 aromatic heterocycles. The van der Waals surface area contributed by atoms with E-state index in [0.29, 0.717) is 23.2 Å². The molecule has 0 saturated carbocycles. The fraction of sp³-hybridized carbons (Fsp3) is 0.0213. The van der Waals surface area contributed by atoms with Crippen molar-refractivity contribution in [2.75, 3.05) is 0 Å². The first-order valence-electron chi connectivity index (χ1n) is 17.1. The Morgan fingerprint density at radius 2 is 0.923 bits per heavy atom. The molecule has 0 radical (unpaired) electrons. The van der Waals surface area contributed by atoms with Gasteiger partial charge < -0.3 is 4.74 Å². The second-order valence-electron chi connectivity index (χ2n) is 12.6. The number of ether oxygens (including phenoxy) is 1. The first-order chi connectivity index (χ1) is 25.7. The van der Waals surface area contributed by atoms with Crippen LogP contribution in [0.4, 0.5) is 5.69 Å². The molecule has 0 atom stereocenters. The van der Waals surface area contributed by atoms with Crippen LogP contribution in [0.15, 0.2) is 182 Å². The van der Waals surface area contributed by atoms with Gasteiger partial charge in [-0.05, 0) is 34.4 Å². The Labute approximate surface area is 302 Å². The summed E-state index contributed by atoms with van der Waals surface area (Å²) in [5.74, 6) is 3.27. The second kappa shape index (κ2) is 12.9. The summed E-state index contributed by atoms with van der Waals surface area (Å²) < 4.78 is 6.79. The van der Waals surface area contributed by atoms with Crippen LogP contribution in [-0.2, 0) is 5.41 Å². The number of para-hydroxylation sites is 1. The summed E-state index contributed by atoms with van der Waals surface area (Å²) >= 11 is 0. The van der Waals surface area contributed by atoms with E-state index in [1.165, 1.54) is 0 Å². The van der Waals surface area contributed by atoms with Gasteiger partial charge in [0.25, 0.3) is 0 Å². The van der Waals surface area contributed by atoms with Gasteiger partial charge >= 0.3 is 0 Å². The van der Waals surface area contributed by atoms with Crippen LogP contribution in [0.1, 0.15) is 22.3 Å². The summed E-state index contributed by atoms with van der Waals surface area (Å²) in [7, 11) is 0. The number of benzene rings is 7. The monoisotopic (exact) mass is 666 g/mol. The molecule has 0 N–H and O–H groups in total. The minimum absolute atomic E-state index is 0.533. The van der Waals surface area contributed by atoms with Crippen molar-refractivity contribution < 1.29 is 4.74 Å². The Balaban J connectivity index is 1.33. The summed E-state index contributed by atoms with van der Waals surface area (Å²) in [5, 5.41) is 0. The second-order valence-corrected chi connectivity index (χ2v) is 12.6. The summed E-state index contributed by atoms with van der Waals surface area (Å²) in [4.78, 5) is 18.7. The molecule has 0 bridgehead atoms. The molecule has 5 heteroatoms. The highest BCUT2D eigenvalue weighted by atomic mass is 16.5. The third-order valence-electron chi connectivity index (χ3n) is 9.71. The van der Waals surface area contributed by atoms with Crippen molar-refractivity contribution in [3.8, 4) is 56.8 Å². The lowest BCUT2D eigenvalue weighted by atomic mass is 9.62. The van der Waals surface area contributed by atoms with Crippen molar-refractivity contribution in [2.45, 2.75) is 5.41 Å². The molecule has 2 heterocycles. The van der Waals surface area contributed by atoms with E-state index in [-0.39, 0.29) is 0 Å². The van der Waals surface area contributed by atoms with E-state index in [4.69, 9.17) is 26.3 Å². The Hall–Kier alpha value is -7.16. The van der Waals surface area contributed by atoms with E-state index in [1.807, 2.05) is 54.6 Å². The topological polar surface area (TPSA) is 52.3 Å². The van der Waals surface area contributed by atoms with Crippen LogP contribution in [-0.4, -0.2) is 15.0 Å². The molecule has 0 amide bonds. The fourth-order valence-electron chi connectivity index (χ4n) is 7.43. The molecule has 1 aliphatic heterocycles. The van der Waals surface area contributed by atoms with Gasteiger partial charge in [-0.25, -0.2) is 19.8 Å². The van der Waals surface area contributed by atoms with Crippen molar-refractivity contribution in [2.24, 2.45) is 0 Å². The molecular weight excluding hydrogens is 637 g/mol. The zero-order valence-electron chi connectivity index (χ0n) is 28.0. The standard InChI is InChI=1S/C47H30N4O/c1-48-36-30-28-33(29-31-36)45-49-44(32-16-5-2-6-17-32)50-46(51-45)39-23-12-11-22-37(39)38-24-15-27-42-43(38)47(34-18-7-3-8-19-34,35-20-9-4-10-21-35)40-25-13-14-26-41(40)52-42/h2-31H. The molecule has 8 aromatic rings. The predicted molar refractivity (Wildman–Crippen MR) is 206 cm³/mol. The van der Waals surface area contributed by atoms with Gasteiger partial charge in [0, 0.05) is 27.8 Å². The highest BCUT2D eigenvalue weighted by Crippen LogP contribution is 2.58. The molecule has 0 spiro atoms. The van der Waals surface area contributed by atoms with Crippen molar-refractivity contribution >= 4 is 5.69 Å². The number of hydrogen-bond acceptors (Lipinski definition) is 4. The van der Waals surface area contributed by atoms with Gasteiger partial charge in [0.2, 0.25) is 0 Å². The fourth-order valence-corrected chi connectivity index (χ4v) is 7.43. The van der Waals surface area contributed by atoms with E-state index in [9.17, 15) is 0 Å². The molecule has 7 aromatic carbocycles. The van der Waals surface area contributed by atoms with Crippen LogP contribution >= 0.6 is 0 Å². The molecule has 0 saturated heterocycles. The van der Waals surface area contributed by atoms with Crippen molar-refractivity contribution in [1.29, 1.82) is 0 Å². The number of hydrogen-bond donors (Lipinski definition) is 0. The minimum Gasteiger partial charge on any atom is -0.457 e. The van der Waals surface area contributed by atoms with E-state index in [0.717, 1.165) is 61.6 Å². The maximum absolute atomic E-state index is 7.44. The quantitative estimate of drug-likeness (QED) is 0.166. The van der Waals surface area contributed by atoms with E-state index in [1.54, 1.807) is 12.1 Å². The third-order valence-corrected chi connectivity index (χ3v) is 9.71. The van der Waals surface area contributed by atoms with E-state index < -0.39 is 5.41 Å². The Morgan fingerprint density at radius 1 is 0.423 bits per heavy atom. The smallest absolute Gasteiger partial charge is 0.187 e. The van der Waals surface area contributed by atoms with Gasteiger partial charge in [0.05, 0.1) is 12.0 Å².